The van der Waals surface area contributed by atoms with E-state index < -0.39 is 0 Å². The Morgan fingerprint density at radius 3 is 2.36 bits per heavy atom. The lowest BCUT2D eigenvalue weighted by atomic mass is 10.2. The molecule has 0 unspecified atom stereocenters. The second-order valence-corrected chi connectivity index (χ2v) is 7.19. The summed E-state index contributed by atoms with van der Waals surface area (Å²) in [5, 5.41) is 7.64. The van der Waals surface area contributed by atoms with Gasteiger partial charge in [-0.3, -0.25) is 5.43 Å². The van der Waals surface area contributed by atoms with Crippen molar-refractivity contribution in [1.82, 2.24) is 4.98 Å². The van der Waals surface area contributed by atoms with Crippen molar-refractivity contribution in [2.75, 3.05) is 5.43 Å². The first-order chi connectivity index (χ1) is 13.8. The Balaban J connectivity index is 1.39. The smallest absolute Gasteiger partial charge is 0.203 e. The molecule has 0 aliphatic rings. The zero-order chi connectivity index (χ0) is 19.2. The monoisotopic (exact) mass is 405 g/mol. The first-order valence-corrected chi connectivity index (χ1v) is 9.85. The van der Waals surface area contributed by atoms with E-state index in [1.165, 1.54) is 11.3 Å². The molecule has 0 aliphatic carbocycles. The maximum Gasteiger partial charge on any atom is 0.203 e. The van der Waals surface area contributed by atoms with Crippen LogP contribution in [0.3, 0.4) is 0 Å². The second kappa shape index (κ2) is 8.69. The molecule has 0 aliphatic heterocycles. The summed E-state index contributed by atoms with van der Waals surface area (Å²) in [5.41, 5.74) is 5.83. The van der Waals surface area contributed by atoms with Crippen LogP contribution in [0.15, 0.2) is 89.3 Å². The summed E-state index contributed by atoms with van der Waals surface area (Å²) >= 11 is 7.38. The van der Waals surface area contributed by atoms with Gasteiger partial charge >= 0.3 is 0 Å². The Bertz CT molecular complexity index is 1060. The maximum atomic E-state index is 5.88. The van der Waals surface area contributed by atoms with E-state index >= 15 is 0 Å². The Morgan fingerprint density at radius 2 is 1.61 bits per heavy atom. The molecule has 138 valence electrons. The minimum Gasteiger partial charge on any atom is -0.457 e. The van der Waals surface area contributed by atoms with Crippen molar-refractivity contribution in [1.29, 1.82) is 0 Å². The molecule has 3 aromatic carbocycles. The highest BCUT2D eigenvalue weighted by molar-refractivity contribution is 7.14. The standard InChI is InChI=1S/C22H16ClN3OS/c23-18-10-6-16(7-11-18)14-24-26-22-25-21(15-28-22)17-8-12-20(13-9-17)27-19-4-2-1-3-5-19/h1-15H,(H,25,26)/b24-14+. The zero-order valence-corrected chi connectivity index (χ0v) is 16.3. The van der Waals surface area contributed by atoms with Crippen LogP contribution in [-0.2, 0) is 0 Å². The predicted molar refractivity (Wildman–Crippen MR) is 117 cm³/mol. The number of thiazole rings is 1. The Hall–Kier alpha value is -3.15. The fraction of sp³-hybridized carbons (Fsp3) is 0. The number of nitrogens with zero attached hydrogens (tertiary/aromatic N) is 2. The molecule has 28 heavy (non-hydrogen) atoms. The van der Waals surface area contributed by atoms with Crippen LogP contribution in [-0.4, -0.2) is 11.2 Å². The summed E-state index contributed by atoms with van der Waals surface area (Å²) in [4.78, 5) is 4.57. The molecule has 0 saturated heterocycles. The number of hydrogen-bond donors (Lipinski definition) is 1. The second-order valence-electron chi connectivity index (χ2n) is 5.90. The first-order valence-electron chi connectivity index (χ1n) is 8.60. The van der Waals surface area contributed by atoms with Gasteiger partial charge in [0.2, 0.25) is 5.13 Å². The van der Waals surface area contributed by atoms with Crippen LogP contribution in [0.4, 0.5) is 5.13 Å². The van der Waals surface area contributed by atoms with E-state index in [1.54, 1.807) is 6.21 Å². The van der Waals surface area contributed by atoms with E-state index in [4.69, 9.17) is 16.3 Å². The van der Waals surface area contributed by atoms with Gasteiger partial charge in [-0.05, 0) is 54.1 Å². The summed E-state index contributed by atoms with van der Waals surface area (Å²) in [6, 6.07) is 25.0. The summed E-state index contributed by atoms with van der Waals surface area (Å²) in [7, 11) is 0. The van der Waals surface area contributed by atoms with Gasteiger partial charge in [0.1, 0.15) is 11.5 Å². The fourth-order valence-electron chi connectivity index (χ4n) is 2.49. The third-order valence-corrected chi connectivity index (χ3v) is 4.88. The lowest BCUT2D eigenvalue weighted by Gasteiger charge is -2.05. The van der Waals surface area contributed by atoms with Gasteiger partial charge in [0.15, 0.2) is 0 Å². The van der Waals surface area contributed by atoms with E-state index in [0.717, 1.165) is 33.5 Å². The fourth-order valence-corrected chi connectivity index (χ4v) is 3.28. The number of nitrogens with one attached hydrogen (secondary N) is 1. The van der Waals surface area contributed by atoms with Crippen molar-refractivity contribution in [3.05, 3.63) is 94.8 Å². The molecule has 0 saturated carbocycles. The molecule has 0 atom stereocenters. The van der Waals surface area contributed by atoms with Crippen LogP contribution in [0.25, 0.3) is 11.3 Å². The Kier molecular flexibility index (Phi) is 5.66. The van der Waals surface area contributed by atoms with Gasteiger partial charge in [0.25, 0.3) is 0 Å². The molecule has 0 bridgehead atoms. The number of ether oxygens (including phenoxy) is 1. The first kappa shape index (κ1) is 18.2. The van der Waals surface area contributed by atoms with Crippen molar-refractivity contribution < 1.29 is 4.74 Å². The molecule has 0 amide bonds. The van der Waals surface area contributed by atoms with Gasteiger partial charge in [-0.25, -0.2) is 4.98 Å². The van der Waals surface area contributed by atoms with E-state index in [0.29, 0.717) is 5.02 Å². The summed E-state index contributed by atoms with van der Waals surface area (Å²) in [5.74, 6) is 1.60. The van der Waals surface area contributed by atoms with Crippen molar-refractivity contribution in [2.24, 2.45) is 5.10 Å². The highest BCUT2D eigenvalue weighted by atomic mass is 35.5. The third-order valence-electron chi connectivity index (χ3n) is 3.88. The molecule has 0 radical (unpaired) electrons. The highest BCUT2D eigenvalue weighted by Gasteiger charge is 2.05. The average Bonchev–Trinajstić information content (AvgIpc) is 3.20. The highest BCUT2D eigenvalue weighted by Crippen LogP contribution is 2.28. The predicted octanol–water partition coefficient (Wildman–Crippen LogP) is 6.70. The van der Waals surface area contributed by atoms with Crippen molar-refractivity contribution in [3.8, 4) is 22.8 Å². The van der Waals surface area contributed by atoms with Crippen molar-refractivity contribution >= 4 is 34.3 Å². The molecule has 4 aromatic rings. The number of rotatable bonds is 6. The molecule has 0 spiro atoms. The molecule has 4 rings (SSSR count). The topological polar surface area (TPSA) is 46.5 Å². The summed E-state index contributed by atoms with van der Waals surface area (Å²) in [6.45, 7) is 0. The summed E-state index contributed by atoms with van der Waals surface area (Å²) < 4.78 is 5.82. The molecule has 6 heteroatoms. The number of benzene rings is 3. The number of para-hydroxylation sites is 1. The van der Waals surface area contributed by atoms with Gasteiger partial charge in [-0.2, -0.15) is 5.10 Å². The van der Waals surface area contributed by atoms with Gasteiger partial charge in [-0.15, -0.1) is 11.3 Å². The van der Waals surface area contributed by atoms with E-state index in [2.05, 4.69) is 15.5 Å². The quantitative estimate of drug-likeness (QED) is 0.286. The average molecular weight is 406 g/mol. The molecule has 1 aromatic heterocycles. The zero-order valence-electron chi connectivity index (χ0n) is 14.7. The van der Waals surface area contributed by atoms with Crippen molar-refractivity contribution in [2.45, 2.75) is 0 Å². The lowest BCUT2D eigenvalue weighted by Crippen LogP contribution is -1.90. The number of hydrazone groups is 1. The van der Waals surface area contributed by atoms with Gasteiger partial charge in [-0.1, -0.05) is 41.9 Å². The maximum absolute atomic E-state index is 5.88. The SMILES string of the molecule is Clc1ccc(/C=N/Nc2nc(-c3ccc(Oc4ccccc4)cc3)cs2)cc1. The van der Waals surface area contributed by atoms with Gasteiger partial charge < -0.3 is 4.74 Å². The number of aromatic nitrogens is 1. The van der Waals surface area contributed by atoms with Gasteiger partial charge in [0, 0.05) is 16.0 Å². The number of hydrogen-bond acceptors (Lipinski definition) is 5. The lowest BCUT2D eigenvalue weighted by molar-refractivity contribution is 0.483. The molecule has 1 heterocycles. The van der Waals surface area contributed by atoms with E-state index in [1.807, 2.05) is 84.2 Å². The molecular weight excluding hydrogens is 390 g/mol. The normalized spacial score (nSPS) is 10.9. The van der Waals surface area contributed by atoms with Crippen LogP contribution in [0.2, 0.25) is 5.02 Å². The minimum absolute atomic E-state index is 0.704. The largest absolute Gasteiger partial charge is 0.457 e. The third kappa shape index (κ3) is 4.76. The summed E-state index contributed by atoms with van der Waals surface area (Å²) in [6.07, 6.45) is 1.73. The van der Waals surface area contributed by atoms with Crippen LogP contribution in [0.1, 0.15) is 5.56 Å². The molecule has 1 N–H and O–H groups in total. The van der Waals surface area contributed by atoms with E-state index in [-0.39, 0.29) is 0 Å². The van der Waals surface area contributed by atoms with Crippen LogP contribution < -0.4 is 10.2 Å². The van der Waals surface area contributed by atoms with Gasteiger partial charge in [0.05, 0.1) is 11.9 Å². The minimum atomic E-state index is 0.704. The Morgan fingerprint density at radius 1 is 0.893 bits per heavy atom. The molecular formula is C22H16ClN3OS. The number of halogens is 1. The van der Waals surface area contributed by atoms with Crippen LogP contribution >= 0.6 is 22.9 Å². The Labute approximate surface area is 172 Å². The molecule has 4 nitrogen and oxygen atoms in total. The van der Waals surface area contributed by atoms with Crippen molar-refractivity contribution in [3.63, 3.8) is 0 Å². The van der Waals surface area contributed by atoms with E-state index in [9.17, 15) is 0 Å². The molecule has 0 fully saturated rings. The number of anilines is 1. The van der Waals surface area contributed by atoms with Crippen LogP contribution in [0, 0.1) is 0 Å². The van der Waals surface area contributed by atoms with Crippen LogP contribution in [0.5, 0.6) is 11.5 Å².